The summed E-state index contributed by atoms with van der Waals surface area (Å²) in [5, 5.41) is 19.0. The van der Waals surface area contributed by atoms with Gasteiger partial charge in [0.05, 0.1) is 25.4 Å². The lowest BCUT2D eigenvalue weighted by Crippen LogP contribution is -2.14. The summed E-state index contributed by atoms with van der Waals surface area (Å²) >= 11 is 12.5. The summed E-state index contributed by atoms with van der Waals surface area (Å²) in [7, 11) is 0. The maximum Gasteiger partial charge on any atom is 0.158 e. The molecule has 0 aromatic heterocycles. The first-order valence-corrected chi connectivity index (χ1v) is 8.92. The average Bonchev–Trinajstić information content (AvgIpc) is 2.59. The quantitative estimate of drug-likeness (QED) is 0.542. The van der Waals surface area contributed by atoms with Crippen LogP contribution in [-0.2, 0) is 9.47 Å². The molecule has 0 bridgehead atoms. The van der Waals surface area contributed by atoms with E-state index in [0.29, 0.717) is 13.2 Å². The normalized spacial score (nSPS) is 10.7. The minimum absolute atomic E-state index is 0.0199. The highest BCUT2D eigenvalue weighted by Gasteiger charge is 2.25. The Kier molecular flexibility index (Phi) is 9.54. The van der Waals surface area contributed by atoms with Crippen LogP contribution in [0, 0.1) is 22.7 Å². The molecule has 0 aliphatic rings. The molecule has 1 aromatic carbocycles. The summed E-state index contributed by atoms with van der Waals surface area (Å²) < 4.78 is 21.9. The Morgan fingerprint density at radius 3 is 1.35 bits per heavy atom. The van der Waals surface area contributed by atoms with Crippen LogP contribution in [0.25, 0.3) is 0 Å². The third kappa shape index (κ3) is 6.23. The predicted octanol–water partition coefficient (Wildman–Crippen LogP) is 4.34. The van der Waals surface area contributed by atoms with Gasteiger partial charge in [0.25, 0.3) is 0 Å². The first-order chi connectivity index (χ1) is 12.3. The monoisotopic (exact) mass is 400 g/mol. The molecule has 26 heavy (non-hydrogen) atoms. The van der Waals surface area contributed by atoms with E-state index >= 15 is 0 Å². The van der Waals surface area contributed by atoms with Crippen molar-refractivity contribution in [3.63, 3.8) is 0 Å². The number of ether oxygens (including phenoxy) is 4. The summed E-state index contributed by atoms with van der Waals surface area (Å²) in [5.74, 6) is 0.0997. The van der Waals surface area contributed by atoms with Gasteiger partial charge in [-0.05, 0) is 27.7 Å². The zero-order chi connectivity index (χ0) is 19.7. The number of hydrogen-bond acceptors (Lipinski definition) is 6. The Bertz CT molecular complexity index is 635. The van der Waals surface area contributed by atoms with E-state index in [1.807, 2.05) is 39.8 Å². The van der Waals surface area contributed by atoms with E-state index in [1.165, 1.54) is 0 Å². The van der Waals surface area contributed by atoms with Crippen LogP contribution in [0.5, 0.6) is 11.5 Å². The molecule has 0 aliphatic carbocycles. The van der Waals surface area contributed by atoms with E-state index in [9.17, 15) is 10.5 Å². The van der Waals surface area contributed by atoms with Crippen molar-refractivity contribution in [1.82, 2.24) is 0 Å². The van der Waals surface area contributed by atoms with Crippen LogP contribution < -0.4 is 9.47 Å². The van der Waals surface area contributed by atoms with Crippen LogP contribution in [0.1, 0.15) is 38.8 Å². The summed E-state index contributed by atoms with van der Waals surface area (Å²) in [6, 6.07) is 3.88. The van der Waals surface area contributed by atoms with Crippen molar-refractivity contribution >= 4 is 23.2 Å². The van der Waals surface area contributed by atoms with E-state index in [-0.39, 0.29) is 58.1 Å². The van der Waals surface area contributed by atoms with E-state index in [1.54, 1.807) is 0 Å². The molecule has 0 saturated heterocycles. The first kappa shape index (κ1) is 22.3. The lowest BCUT2D eigenvalue weighted by molar-refractivity contribution is 0.0543. The third-order valence-corrected chi connectivity index (χ3v) is 3.90. The van der Waals surface area contributed by atoms with Crippen LogP contribution >= 0.6 is 23.2 Å². The predicted molar refractivity (Wildman–Crippen MR) is 99.1 cm³/mol. The molecule has 8 heteroatoms. The van der Waals surface area contributed by atoms with E-state index in [2.05, 4.69) is 0 Å². The lowest BCUT2D eigenvalue weighted by Gasteiger charge is -2.17. The van der Waals surface area contributed by atoms with E-state index in [0.717, 1.165) is 0 Å². The highest BCUT2D eigenvalue weighted by Crippen LogP contribution is 2.44. The van der Waals surface area contributed by atoms with Gasteiger partial charge < -0.3 is 18.9 Å². The van der Waals surface area contributed by atoms with Gasteiger partial charge in [0.2, 0.25) is 0 Å². The molecule has 0 saturated carbocycles. The fraction of sp³-hybridized carbons (Fsp3) is 0.556. The molecule has 0 spiro atoms. The van der Waals surface area contributed by atoms with Crippen LogP contribution in [0.2, 0.25) is 10.0 Å². The van der Waals surface area contributed by atoms with Crippen molar-refractivity contribution < 1.29 is 18.9 Å². The third-order valence-electron chi connectivity index (χ3n) is 3.08. The highest BCUT2D eigenvalue weighted by molar-refractivity contribution is 6.44. The second-order valence-electron chi connectivity index (χ2n) is 5.80. The van der Waals surface area contributed by atoms with Gasteiger partial charge in [-0.1, -0.05) is 23.2 Å². The van der Waals surface area contributed by atoms with Gasteiger partial charge in [0, 0.05) is 0 Å². The molecule has 0 amide bonds. The van der Waals surface area contributed by atoms with Crippen molar-refractivity contribution in [2.75, 3.05) is 26.4 Å². The maximum absolute atomic E-state index is 9.46. The average molecular weight is 401 g/mol. The largest absolute Gasteiger partial charge is 0.488 e. The number of halogens is 2. The fourth-order valence-electron chi connectivity index (χ4n) is 1.99. The molecular formula is C18H22Cl2N2O4. The van der Waals surface area contributed by atoms with Gasteiger partial charge in [-0.3, -0.25) is 0 Å². The Morgan fingerprint density at radius 2 is 1.08 bits per heavy atom. The lowest BCUT2D eigenvalue weighted by atomic mass is 10.1. The zero-order valence-corrected chi connectivity index (χ0v) is 16.8. The van der Waals surface area contributed by atoms with E-state index in [4.69, 9.17) is 42.1 Å². The number of nitrogens with zero attached hydrogens (tertiary/aromatic N) is 2. The molecule has 1 aromatic rings. The van der Waals surface area contributed by atoms with Crippen LogP contribution in [0.15, 0.2) is 0 Å². The Morgan fingerprint density at radius 1 is 0.731 bits per heavy atom. The van der Waals surface area contributed by atoms with Crippen molar-refractivity contribution in [2.45, 2.75) is 39.9 Å². The Hall–Kier alpha value is -1.70. The van der Waals surface area contributed by atoms with Crippen LogP contribution in [-0.4, -0.2) is 38.6 Å². The summed E-state index contributed by atoms with van der Waals surface area (Å²) in [4.78, 5) is 0. The second kappa shape index (κ2) is 11.1. The molecule has 0 heterocycles. The number of benzene rings is 1. The van der Waals surface area contributed by atoms with Gasteiger partial charge in [0.1, 0.15) is 46.5 Å². The molecule has 1 rings (SSSR count). The Balaban J connectivity index is 3.06. The summed E-state index contributed by atoms with van der Waals surface area (Å²) in [6.07, 6.45) is 0.0956. The summed E-state index contributed by atoms with van der Waals surface area (Å²) in [5.41, 5.74) is -0.0440. The molecule has 0 unspecified atom stereocenters. The molecule has 142 valence electrons. The van der Waals surface area contributed by atoms with E-state index < -0.39 is 0 Å². The minimum Gasteiger partial charge on any atom is -0.488 e. The SMILES string of the molecule is CC(C)OCCOc1c(Cl)c(Cl)c(OCCOC(C)C)c(C#N)c1C#N. The maximum atomic E-state index is 9.46. The Labute approximate surface area is 164 Å². The zero-order valence-electron chi connectivity index (χ0n) is 15.3. The number of nitriles is 2. The van der Waals surface area contributed by atoms with Gasteiger partial charge in [-0.25, -0.2) is 0 Å². The highest BCUT2D eigenvalue weighted by atomic mass is 35.5. The van der Waals surface area contributed by atoms with Crippen molar-refractivity contribution in [3.05, 3.63) is 21.2 Å². The topological polar surface area (TPSA) is 84.5 Å². The number of hydrogen-bond donors (Lipinski definition) is 0. The minimum atomic E-state index is -0.0220. The van der Waals surface area contributed by atoms with Gasteiger partial charge in [0.15, 0.2) is 11.5 Å². The van der Waals surface area contributed by atoms with Crippen molar-refractivity contribution in [2.24, 2.45) is 0 Å². The van der Waals surface area contributed by atoms with Gasteiger partial charge >= 0.3 is 0 Å². The fourth-order valence-corrected chi connectivity index (χ4v) is 2.46. The van der Waals surface area contributed by atoms with Crippen molar-refractivity contribution in [1.29, 1.82) is 10.5 Å². The second-order valence-corrected chi connectivity index (χ2v) is 6.55. The van der Waals surface area contributed by atoms with Gasteiger partial charge in [-0.15, -0.1) is 0 Å². The van der Waals surface area contributed by atoms with Crippen molar-refractivity contribution in [3.8, 4) is 23.6 Å². The standard InChI is InChI=1S/C18H22Cl2N2O4/c1-11(2)23-5-7-25-17-13(9-21)14(10-22)18(16(20)15(17)19)26-8-6-24-12(3)4/h11-12H,5-8H2,1-4H3. The molecule has 0 N–H and O–H groups in total. The first-order valence-electron chi connectivity index (χ1n) is 8.17. The summed E-state index contributed by atoms with van der Waals surface area (Å²) in [6.45, 7) is 8.53. The van der Waals surface area contributed by atoms with Gasteiger partial charge in [-0.2, -0.15) is 10.5 Å². The number of rotatable bonds is 10. The molecule has 6 nitrogen and oxygen atoms in total. The molecular weight excluding hydrogens is 379 g/mol. The molecule has 0 aliphatic heterocycles. The molecule has 0 fully saturated rings. The van der Waals surface area contributed by atoms with Crippen LogP contribution in [0.4, 0.5) is 0 Å². The van der Waals surface area contributed by atoms with Crippen LogP contribution in [0.3, 0.4) is 0 Å². The molecule has 0 radical (unpaired) electrons. The molecule has 0 atom stereocenters. The smallest absolute Gasteiger partial charge is 0.158 e.